The predicted octanol–water partition coefficient (Wildman–Crippen LogP) is 4.50. The topological polar surface area (TPSA) is 28.2 Å². The molecule has 0 aromatic carbocycles. The van der Waals surface area contributed by atoms with E-state index >= 15 is 0 Å². The summed E-state index contributed by atoms with van der Waals surface area (Å²) in [7, 11) is 0. The Morgan fingerprint density at radius 2 is 1.86 bits per heavy atom. The maximum absolute atomic E-state index is 6.27. The van der Waals surface area contributed by atoms with Crippen molar-refractivity contribution in [2.75, 3.05) is 18.0 Å². The number of anilines is 1. The van der Waals surface area contributed by atoms with Gasteiger partial charge in [-0.25, -0.2) is 4.98 Å². The van der Waals surface area contributed by atoms with Gasteiger partial charge >= 0.3 is 0 Å². The fourth-order valence-electron chi connectivity index (χ4n) is 2.55. The number of halogens is 1. The van der Waals surface area contributed by atoms with Crippen LogP contribution in [0.3, 0.4) is 0 Å². The van der Waals surface area contributed by atoms with Gasteiger partial charge in [-0.3, -0.25) is 0 Å². The quantitative estimate of drug-likeness (QED) is 0.728. The van der Waals surface area contributed by atoms with Crippen LogP contribution in [-0.4, -0.2) is 24.1 Å². The smallest absolute Gasteiger partial charge is 0.129 e. The third-order valence-electron chi connectivity index (χ3n) is 3.69. The fraction of sp³-hybridized carbons (Fsp3) is 0.706. The maximum atomic E-state index is 6.27. The molecule has 0 saturated carbocycles. The highest BCUT2D eigenvalue weighted by Gasteiger charge is 2.19. The van der Waals surface area contributed by atoms with E-state index in [0.29, 0.717) is 12.0 Å². The van der Waals surface area contributed by atoms with Gasteiger partial charge in [0.2, 0.25) is 0 Å². The number of nitrogens with zero attached hydrogens (tertiary/aromatic N) is 2. The molecule has 0 bridgehead atoms. The summed E-state index contributed by atoms with van der Waals surface area (Å²) in [6, 6.07) is 4.57. The van der Waals surface area contributed by atoms with Crippen molar-refractivity contribution in [1.29, 1.82) is 0 Å². The first kappa shape index (κ1) is 18.2. The van der Waals surface area contributed by atoms with E-state index in [0.717, 1.165) is 49.0 Å². The van der Waals surface area contributed by atoms with Crippen LogP contribution in [0.15, 0.2) is 12.1 Å². The molecule has 0 amide bonds. The third kappa shape index (κ3) is 5.48. The van der Waals surface area contributed by atoms with Crippen molar-refractivity contribution in [3.63, 3.8) is 0 Å². The second-order valence-corrected chi connectivity index (χ2v) is 6.30. The second-order valence-electron chi connectivity index (χ2n) is 5.89. The standard InChI is InChI=1S/C17H30ClN3/c1-6-14(7-2)21(12-13(4)5)17-10-9-15(18)16(20-17)11-19-8-3/h9-10,13-14,19H,6-8,11-12H2,1-5H3. The van der Waals surface area contributed by atoms with E-state index in [9.17, 15) is 0 Å². The lowest BCUT2D eigenvalue weighted by Gasteiger charge is -2.33. The lowest BCUT2D eigenvalue weighted by atomic mass is 10.1. The van der Waals surface area contributed by atoms with Crippen molar-refractivity contribution in [2.45, 2.75) is 60.0 Å². The van der Waals surface area contributed by atoms with Gasteiger partial charge in [0, 0.05) is 19.1 Å². The first-order valence-corrected chi connectivity index (χ1v) is 8.53. The van der Waals surface area contributed by atoms with E-state index in [1.807, 2.05) is 6.07 Å². The Morgan fingerprint density at radius 3 is 2.38 bits per heavy atom. The Morgan fingerprint density at radius 1 is 1.19 bits per heavy atom. The van der Waals surface area contributed by atoms with Gasteiger partial charge in [-0.05, 0) is 37.4 Å². The molecule has 0 fully saturated rings. The monoisotopic (exact) mass is 311 g/mol. The Kier molecular flexibility index (Phi) is 8.05. The zero-order chi connectivity index (χ0) is 15.8. The van der Waals surface area contributed by atoms with Gasteiger partial charge < -0.3 is 10.2 Å². The van der Waals surface area contributed by atoms with Crippen LogP contribution in [0, 0.1) is 5.92 Å². The molecule has 1 heterocycles. The van der Waals surface area contributed by atoms with Gasteiger partial charge in [-0.2, -0.15) is 0 Å². The molecule has 1 aromatic rings. The van der Waals surface area contributed by atoms with Crippen molar-refractivity contribution < 1.29 is 0 Å². The summed E-state index contributed by atoms with van der Waals surface area (Å²) in [6.45, 7) is 13.8. The zero-order valence-corrected chi connectivity index (χ0v) is 14.9. The summed E-state index contributed by atoms with van der Waals surface area (Å²) >= 11 is 6.27. The summed E-state index contributed by atoms with van der Waals surface area (Å²) in [5.41, 5.74) is 0.940. The SMILES string of the molecule is CCNCc1nc(N(CC(C)C)C(CC)CC)ccc1Cl. The average Bonchev–Trinajstić information content (AvgIpc) is 2.46. The minimum atomic E-state index is 0.535. The molecule has 0 unspecified atom stereocenters. The molecule has 120 valence electrons. The number of pyridine rings is 1. The molecule has 0 radical (unpaired) electrons. The maximum Gasteiger partial charge on any atom is 0.129 e. The van der Waals surface area contributed by atoms with E-state index in [4.69, 9.17) is 16.6 Å². The lowest BCUT2D eigenvalue weighted by Crippen LogP contribution is -2.38. The first-order valence-electron chi connectivity index (χ1n) is 8.16. The van der Waals surface area contributed by atoms with E-state index in [1.165, 1.54) is 0 Å². The van der Waals surface area contributed by atoms with Gasteiger partial charge in [0.15, 0.2) is 0 Å². The van der Waals surface area contributed by atoms with Gasteiger partial charge in [0.25, 0.3) is 0 Å². The van der Waals surface area contributed by atoms with Crippen molar-refractivity contribution in [2.24, 2.45) is 5.92 Å². The summed E-state index contributed by atoms with van der Waals surface area (Å²) in [6.07, 6.45) is 2.27. The van der Waals surface area contributed by atoms with Crippen molar-refractivity contribution >= 4 is 17.4 Å². The summed E-state index contributed by atoms with van der Waals surface area (Å²) in [5, 5.41) is 4.05. The molecule has 1 aromatic heterocycles. The molecule has 0 aliphatic carbocycles. The summed E-state index contributed by atoms with van der Waals surface area (Å²) in [4.78, 5) is 7.25. The number of nitrogens with one attached hydrogen (secondary N) is 1. The fourth-order valence-corrected chi connectivity index (χ4v) is 2.72. The van der Waals surface area contributed by atoms with Crippen LogP contribution in [0.25, 0.3) is 0 Å². The minimum Gasteiger partial charge on any atom is -0.353 e. The first-order chi connectivity index (χ1) is 10.0. The Bertz CT molecular complexity index is 416. The molecule has 4 heteroatoms. The molecule has 0 spiro atoms. The van der Waals surface area contributed by atoms with Crippen LogP contribution >= 0.6 is 11.6 Å². The summed E-state index contributed by atoms with van der Waals surface area (Å²) < 4.78 is 0. The lowest BCUT2D eigenvalue weighted by molar-refractivity contribution is 0.502. The molecule has 0 saturated heterocycles. The van der Waals surface area contributed by atoms with Crippen LogP contribution in [0.4, 0.5) is 5.82 Å². The van der Waals surface area contributed by atoms with Crippen LogP contribution in [0.5, 0.6) is 0 Å². The highest BCUT2D eigenvalue weighted by molar-refractivity contribution is 6.31. The molecule has 1 rings (SSSR count). The Labute approximate surface area is 135 Å². The van der Waals surface area contributed by atoms with Gasteiger partial charge in [-0.15, -0.1) is 0 Å². The Hall–Kier alpha value is -0.800. The molecule has 0 atom stereocenters. The average molecular weight is 312 g/mol. The van der Waals surface area contributed by atoms with E-state index in [2.05, 4.69) is 50.9 Å². The molecular formula is C17H30ClN3. The zero-order valence-electron chi connectivity index (χ0n) is 14.1. The Balaban J connectivity index is 3.05. The molecular weight excluding hydrogens is 282 g/mol. The molecule has 21 heavy (non-hydrogen) atoms. The van der Waals surface area contributed by atoms with E-state index in [1.54, 1.807) is 0 Å². The number of aromatic nitrogens is 1. The van der Waals surface area contributed by atoms with Gasteiger partial charge in [0.1, 0.15) is 5.82 Å². The highest BCUT2D eigenvalue weighted by atomic mass is 35.5. The molecule has 0 aliphatic rings. The van der Waals surface area contributed by atoms with Crippen LogP contribution in [0.1, 0.15) is 53.2 Å². The third-order valence-corrected chi connectivity index (χ3v) is 4.03. The predicted molar refractivity (Wildman–Crippen MR) is 93.2 cm³/mol. The summed E-state index contributed by atoms with van der Waals surface area (Å²) in [5.74, 6) is 1.66. The molecule has 3 nitrogen and oxygen atoms in total. The van der Waals surface area contributed by atoms with E-state index < -0.39 is 0 Å². The van der Waals surface area contributed by atoms with Crippen LogP contribution in [0.2, 0.25) is 5.02 Å². The van der Waals surface area contributed by atoms with Crippen LogP contribution in [-0.2, 0) is 6.54 Å². The van der Waals surface area contributed by atoms with E-state index in [-0.39, 0.29) is 0 Å². The van der Waals surface area contributed by atoms with Gasteiger partial charge in [-0.1, -0.05) is 46.2 Å². The van der Waals surface area contributed by atoms with Crippen LogP contribution < -0.4 is 10.2 Å². The minimum absolute atomic E-state index is 0.535. The van der Waals surface area contributed by atoms with Crippen molar-refractivity contribution in [1.82, 2.24) is 10.3 Å². The number of hydrogen-bond donors (Lipinski definition) is 1. The van der Waals surface area contributed by atoms with Crippen molar-refractivity contribution in [3.05, 3.63) is 22.8 Å². The number of hydrogen-bond acceptors (Lipinski definition) is 3. The number of rotatable bonds is 9. The molecule has 0 aliphatic heterocycles. The van der Waals surface area contributed by atoms with Crippen molar-refractivity contribution in [3.8, 4) is 0 Å². The normalized spacial score (nSPS) is 11.4. The molecule has 1 N–H and O–H groups in total. The van der Waals surface area contributed by atoms with Gasteiger partial charge in [0.05, 0.1) is 10.7 Å². The highest BCUT2D eigenvalue weighted by Crippen LogP contribution is 2.24. The second kappa shape index (κ2) is 9.26. The largest absolute Gasteiger partial charge is 0.353 e.